The van der Waals surface area contributed by atoms with Gasteiger partial charge in [0.05, 0.1) is 0 Å². The Hall–Kier alpha value is -1.55. The standard InChI is InChI=1S/C14H22N4/c1-10-8-18(9-13(10)17(2)3)12-7-5-4-6-11(12)14(15)16/h4-7,10,13H,8-9H2,1-3H3,(H3,15,16). The van der Waals surface area contributed by atoms with E-state index >= 15 is 0 Å². The summed E-state index contributed by atoms with van der Waals surface area (Å²) < 4.78 is 0. The van der Waals surface area contributed by atoms with Gasteiger partial charge in [0.2, 0.25) is 0 Å². The molecule has 0 saturated carbocycles. The van der Waals surface area contributed by atoms with Crippen molar-refractivity contribution in [1.82, 2.24) is 4.90 Å². The predicted molar refractivity (Wildman–Crippen MR) is 76.3 cm³/mol. The van der Waals surface area contributed by atoms with Crippen LogP contribution in [0.3, 0.4) is 0 Å². The Morgan fingerprint density at radius 1 is 1.33 bits per heavy atom. The number of nitrogens with two attached hydrogens (primary N) is 1. The van der Waals surface area contributed by atoms with Gasteiger partial charge in [-0.05, 0) is 32.1 Å². The smallest absolute Gasteiger partial charge is 0.124 e. The molecule has 1 aliphatic rings. The van der Waals surface area contributed by atoms with E-state index in [-0.39, 0.29) is 5.84 Å². The number of hydrogen-bond acceptors (Lipinski definition) is 3. The van der Waals surface area contributed by atoms with E-state index in [9.17, 15) is 0 Å². The van der Waals surface area contributed by atoms with Crippen LogP contribution in [0.15, 0.2) is 24.3 Å². The summed E-state index contributed by atoms with van der Waals surface area (Å²) in [4.78, 5) is 4.62. The second kappa shape index (κ2) is 4.98. The van der Waals surface area contributed by atoms with Crippen LogP contribution < -0.4 is 10.6 Å². The van der Waals surface area contributed by atoms with Gasteiger partial charge in [0, 0.05) is 30.4 Å². The lowest BCUT2D eigenvalue weighted by Crippen LogP contribution is -2.34. The number of nitrogen functional groups attached to an aromatic ring is 1. The van der Waals surface area contributed by atoms with Gasteiger partial charge in [0.25, 0.3) is 0 Å². The number of amidine groups is 1. The third-order valence-electron chi connectivity index (χ3n) is 3.77. The molecule has 18 heavy (non-hydrogen) atoms. The zero-order valence-corrected chi connectivity index (χ0v) is 11.4. The highest BCUT2D eigenvalue weighted by Crippen LogP contribution is 2.28. The third-order valence-corrected chi connectivity index (χ3v) is 3.77. The van der Waals surface area contributed by atoms with E-state index in [2.05, 4.69) is 36.9 Å². The number of hydrogen-bond donors (Lipinski definition) is 2. The summed E-state index contributed by atoms with van der Waals surface area (Å²) >= 11 is 0. The first-order chi connectivity index (χ1) is 8.50. The van der Waals surface area contributed by atoms with Crippen molar-refractivity contribution >= 4 is 11.5 Å². The molecular weight excluding hydrogens is 224 g/mol. The predicted octanol–water partition coefficient (Wildman–Crippen LogP) is 1.36. The number of nitrogens with zero attached hydrogens (tertiary/aromatic N) is 2. The molecule has 4 nitrogen and oxygen atoms in total. The highest BCUT2D eigenvalue weighted by atomic mass is 15.2. The van der Waals surface area contributed by atoms with Gasteiger partial charge in [-0.25, -0.2) is 0 Å². The minimum atomic E-state index is 0.145. The van der Waals surface area contributed by atoms with Crippen LogP contribution in [-0.4, -0.2) is 44.0 Å². The van der Waals surface area contributed by atoms with Crippen molar-refractivity contribution in [2.45, 2.75) is 13.0 Å². The maximum Gasteiger partial charge on any atom is 0.124 e. The van der Waals surface area contributed by atoms with Crippen LogP contribution in [0.4, 0.5) is 5.69 Å². The van der Waals surface area contributed by atoms with E-state index in [1.54, 1.807) is 0 Å². The molecular formula is C14H22N4. The number of anilines is 1. The first kappa shape index (κ1) is 12.9. The van der Waals surface area contributed by atoms with E-state index < -0.39 is 0 Å². The van der Waals surface area contributed by atoms with Crippen molar-refractivity contribution in [1.29, 1.82) is 5.41 Å². The fraction of sp³-hybridized carbons (Fsp3) is 0.500. The zero-order valence-electron chi connectivity index (χ0n) is 11.4. The van der Waals surface area contributed by atoms with E-state index in [0.717, 1.165) is 24.3 Å². The molecule has 0 amide bonds. The third kappa shape index (κ3) is 2.34. The molecule has 2 atom stereocenters. The lowest BCUT2D eigenvalue weighted by atomic mass is 10.1. The van der Waals surface area contributed by atoms with Crippen LogP contribution in [-0.2, 0) is 0 Å². The van der Waals surface area contributed by atoms with Crippen LogP contribution in [0.2, 0.25) is 0 Å². The van der Waals surface area contributed by atoms with E-state index in [4.69, 9.17) is 11.1 Å². The van der Waals surface area contributed by atoms with Gasteiger partial charge in [0.1, 0.15) is 5.84 Å². The molecule has 1 aliphatic heterocycles. The first-order valence-corrected chi connectivity index (χ1v) is 6.35. The summed E-state index contributed by atoms with van der Waals surface area (Å²) in [6, 6.07) is 8.48. The molecule has 0 bridgehead atoms. The summed E-state index contributed by atoms with van der Waals surface area (Å²) in [6.07, 6.45) is 0. The largest absolute Gasteiger partial charge is 0.384 e. The van der Waals surface area contributed by atoms with E-state index in [1.807, 2.05) is 18.2 Å². The summed E-state index contributed by atoms with van der Waals surface area (Å²) in [6.45, 7) is 4.30. The minimum absolute atomic E-state index is 0.145. The molecule has 0 radical (unpaired) electrons. The molecule has 2 rings (SSSR count). The van der Waals surface area contributed by atoms with Gasteiger partial charge in [-0.3, -0.25) is 5.41 Å². The second-order valence-corrected chi connectivity index (χ2v) is 5.34. The highest BCUT2D eigenvalue weighted by Gasteiger charge is 2.31. The highest BCUT2D eigenvalue weighted by molar-refractivity contribution is 6.00. The van der Waals surface area contributed by atoms with E-state index in [1.165, 1.54) is 0 Å². The van der Waals surface area contributed by atoms with E-state index in [0.29, 0.717) is 12.0 Å². The summed E-state index contributed by atoms with van der Waals surface area (Å²) in [5.74, 6) is 0.770. The Kier molecular flexibility index (Phi) is 3.57. The minimum Gasteiger partial charge on any atom is -0.384 e. The second-order valence-electron chi connectivity index (χ2n) is 5.34. The fourth-order valence-corrected chi connectivity index (χ4v) is 2.80. The van der Waals surface area contributed by atoms with Crippen LogP contribution >= 0.6 is 0 Å². The summed E-state index contributed by atoms with van der Waals surface area (Å²) in [5, 5.41) is 7.67. The molecule has 1 aromatic rings. The topological polar surface area (TPSA) is 56.4 Å². The van der Waals surface area contributed by atoms with Gasteiger partial charge in [0.15, 0.2) is 0 Å². The molecule has 4 heteroatoms. The molecule has 0 aromatic heterocycles. The fourth-order valence-electron chi connectivity index (χ4n) is 2.80. The zero-order chi connectivity index (χ0) is 13.3. The van der Waals surface area contributed by atoms with Gasteiger partial charge in [-0.2, -0.15) is 0 Å². The molecule has 3 N–H and O–H groups in total. The van der Waals surface area contributed by atoms with Crippen molar-refractivity contribution in [3.05, 3.63) is 29.8 Å². The van der Waals surface area contributed by atoms with Crippen molar-refractivity contribution < 1.29 is 0 Å². The molecule has 2 unspecified atom stereocenters. The molecule has 1 saturated heterocycles. The Morgan fingerprint density at radius 3 is 2.56 bits per heavy atom. The molecule has 0 spiro atoms. The van der Waals surface area contributed by atoms with Gasteiger partial charge in [-0.15, -0.1) is 0 Å². The van der Waals surface area contributed by atoms with Crippen LogP contribution in [0.1, 0.15) is 12.5 Å². The lowest BCUT2D eigenvalue weighted by molar-refractivity contribution is 0.266. The average molecular weight is 246 g/mol. The maximum atomic E-state index is 7.67. The normalized spacial score (nSPS) is 23.7. The summed E-state index contributed by atoms with van der Waals surface area (Å²) in [7, 11) is 4.25. The Balaban J connectivity index is 2.26. The molecule has 1 fully saturated rings. The first-order valence-electron chi connectivity index (χ1n) is 6.35. The molecule has 0 aliphatic carbocycles. The van der Waals surface area contributed by atoms with Crippen LogP contribution in [0.25, 0.3) is 0 Å². The van der Waals surface area contributed by atoms with Crippen LogP contribution in [0.5, 0.6) is 0 Å². The Labute approximate surface area is 109 Å². The number of para-hydroxylation sites is 1. The SMILES string of the molecule is CC1CN(c2ccccc2C(=N)N)CC1N(C)C. The Bertz CT molecular complexity index is 441. The maximum absolute atomic E-state index is 7.67. The molecule has 1 heterocycles. The molecule has 98 valence electrons. The van der Waals surface area contributed by atoms with Crippen LogP contribution in [0, 0.1) is 11.3 Å². The van der Waals surface area contributed by atoms with Crippen molar-refractivity contribution in [3.63, 3.8) is 0 Å². The summed E-state index contributed by atoms with van der Waals surface area (Å²) in [5.41, 5.74) is 7.58. The number of rotatable bonds is 3. The number of likely N-dealkylation sites (N-methyl/N-ethyl adjacent to an activating group) is 1. The van der Waals surface area contributed by atoms with Crippen molar-refractivity contribution in [2.24, 2.45) is 11.7 Å². The van der Waals surface area contributed by atoms with Gasteiger partial charge in [-0.1, -0.05) is 19.1 Å². The van der Waals surface area contributed by atoms with Gasteiger partial charge < -0.3 is 15.5 Å². The average Bonchev–Trinajstić information content (AvgIpc) is 2.71. The number of benzene rings is 1. The quantitative estimate of drug-likeness (QED) is 0.625. The van der Waals surface area contributed by atoms with Gasteiger partial charge >= 0.3 is 0 Å². The number of nitrogens with one attached hydrogen (secondary N) is 1. The van der Waals surface area contributed by atoms with Crippen molar-refractivity contribution in [2.75, 3.05) is 32.1 Å². The Morgan fingerprint density at radius 2 is 2.00 bits per heavy atom. The monoisotopic (exact) mass is 246 g/mol. The lowest BCUT2D eigenvalue weighted by Gasteiger charge is -2.24. The molecule has 1 aromatic carbocycles. The van der Waals surface area contributed by atoms with Crippen molar-refractivity contribution in [3.8, 4) is 0 Å².